The lowest BCUT2D eigenvalue weighted by atomic mass is 9.49. The van der Waals surface area contributed by atoms with Crippen molar-refractivity contribution in [1.29, 1.82) is 0 Å². The third-order valence-electron chi connectivity index (χ3n) is 6.66. The number of rotatable bonds is 6. The second-order valence-corrected chi connectivity index (χ2v) is 9.07. The number of aromatic amines is 1. The van der Waals surface area contributed by atoms with E-state index in [1.807, 2.05) is 13.8 Å². The molecule has 4 saturated carbocycles. The molecule has 1 atom stereocenters. The molecule has 4 bridgehead atoms. The topological polar surface area (TPSA) is 99.8 Å². The summed E-state index contributed by atoms with van der Waals surface area (Å²) in [5.41, 5.74) is 0.446. The average Bonchev–Trinajstić information content (AvgIpc) is 3.09. The van der Waals surface area contributed by atoms with Gasteiger partial charge in [0.1, 0.15) is 11.7 Å². The Labute approximate surface area is 154 Å². The smallest absolute Gasteiger partial charge is 0.243 e. The zero-order valence-electron chi connectivity index (χ0n) is 15.6. The average molecular weight is 359 g/mol. The van der Waals surface area contributed by atoms with Crippen molar-refractivity contribution in [2.45, 2.75) is 65.0 Å². The number of H-pyrrole nitrogens is 1. The maximum absolute atomic E-state index is 13.2. The maximum Gasteiger partial charge on any atom is 0.243 e. The second-order valence-electron chi connectivity index (χ2n) is 9.07. The third kappa shape index (κ3) is 3.23. The third-order valence-corrected chi connectivity index (χ3v) is 6.66. The molecule has 0 radical (unpaired) electrons. The summed E-state index contributed by atoms with van der Waals surface area (Å²) in [7, 11) is 0. The Balaban J connectivity index is 1.41. The molecule has 142 valence electrons. The minimum atomic E-state index is -0.512. The Morgan fingerprint density at radius 3 is 2.31 bits per heavy atom. The lowest BCUT2D eigenvalue weighted by Gasteiger charge is -2.55. The van der Waals surface area contributed by atoms with E-state index >= 15 is 0 Å². The van der Waals surface area contributed by atoms with Gasteiger partial charge in [-0.05, 0) is 62.2 Å². The number of carbonyl (C=O) groups excluding carboxylic acids is 2. The van der Waals surface area contributed by atoms with Crippen LogP contribution in [0.15, 0.2) is 6.20 Å². The van der Waals surface area contributed by atoms with Crippen molar-refractivity contribution in [3.63, 3.8) is 0 Å². The fourth-order valence-corrected chi connectivity index (χ4v) is 5.82. The molecule has 0 spiro atoms. The molecule has 3 N–H and O–H groups in total. The van der Waals surface area contributed by atoms with E-state index in [1.54, 1.807) is 6.20 Å². The van der Waals surface area contributed by atoms with Crippen LogP contribution in [-0.2, 0) is 16.1 Å². The van der Waals surface area contributed by atoms with Crippen LogP contribution in [0.2, 0.25) is 0 Å². The summed E-state index contributed by atoms with van der Waals surface area (Å²) < 4.78 is 0. The summed E-state index contributed by atoms with van der Waals surface area (Å²) >= 11 is 0. The fourth-order valence-electron chi connectivity index (χ4n) is 5.82. The Morgan fingerprint density at radius 1 is 1.19 bits per heavy atom. The molecule has 2 amide bonds. The van der Waals surface area contributed by atoms with E-state index in [2.05, 4.69) is 26.0 Å². The van der Waals surface area contributed by atoms with Crippen LogP contribution < -0.4 is 10.6 Å². The highest BCUT2D eigenvalue weighted by Gasteiger charge is 2.55. The number of hydrogen-bond acceptors (Lipinski definition) is 4. The van der Waals surface area contributed by atoms with Crippen LogP contribution in [0.3, 0.4) is 0 Å². The molecule has 7 nitrogen and oxygen atoms in total. The van der Waals surface area contributed by atoms with Gasteiger partial charge in [-0.1, -0.05) is 13.8 Å². The van der Waals surface area contributed by atoms with Crippen molar-refractivity contribution < 1.29 is 9.59 Å². The van der Waals surface area contributed by atoms with Crippen LogP contribution in [-0.4, -0.2) is 33.3 Å². The van der Waals surface area contributed by atoms with Crippen LogP contribution in [0.25, 0.3) is 0 Å². The number of nitrogens with zero attached hydrogens (tertiary/aromatic N) is 2. The molecule has 0 aromatic carbocycles. The first kappa shape index (κ1) is 17.5. The SMILES string of the molecule is CC(C)[C@H](NC(=O)C12CC3CC(CC(C3)C1)C2)C(=O)NCc1cn[nH]n1. The highest BCUT2D eigenvalue weighted by atomic mass is 16.2. The van der Waals surface area contributed by atoms with Gasteiger partial charge in [0.15, 0.2) is 0 Å². The Bertz CT molecular complexity index is 634. The first-order valence-electron chi connectivity index (χ1n) is 9.88. The summed E-state index contributed by atoms with van der Waals surface area (Å²) in [6.45, 7) is 4.26. The Kier molecular flexibility index (Phi) is 4.49. The quantitative estimate of drug-likeness (QED) is 0.721. The van der Waals surface area contributed by atoms with E-state index in [9.17, 15) is 9.59 Å². The lowest BCUT2D eigenvalue weighted by molar-refractivity contribution is -0.149. The van der Waals surface area contributed by atoms with Crippen molar-refractivity contribution in [1.82, 2.24) is 26.0 Å². The molecule has 26 heavy (non-hydrogen) atoms. The number of hydrogen-bond donors (Lipinski definition) is 3. The maximum atomic E-state index is 13.2. The van der Waals surface area contributed by atoms with Gasteiger partial charge in [-0.3, -0.25) is 9.59 Å². The molecule has 4 fully saturated rings. The summed E-state index contributed by atoms with van der Waals surface area (Å²) in [4.78, 5) is 25.9. The highest BCUT2D eigenvalue weighted by Crippen LogP contribution is 2.60. The molecule has 4 aliphatic carbocycles. The van der Waals surface area contributed by atoms with Gasteiger partial charge in [-0.2, -0.15) is 15.4 Å². The predicted molar refractivity (Wildman–Crippen MR) is 95.6 cm³/mol. The summed E-state index contributed by atoms with van der Waals surface area (Å²) in [5, 5.41) is 16.2. The minimum absolute atomic E-state index is 0.0326. The molecule has 1 heterocycles. The van der Waals surface area contributed by atoms with Crippen LogP contribution in [0.1, 0.15) is 58.1 Å². The molecular formula is C19H29N5O2. The second kappa shape index (κ2) is 6.67. The molecule has 1 aromatic rings. The standard InChI is InChI=1S/C19H29N5O2/c1-11(2)16(17(25)20-9-15-10-21-24-23-15)22-18(26)19-6-12-3-13(7-19)5-14(4-12)8-19/h10-14,16H,3-9H2,1-2H3,(H,20,25)(H,22,26)(H,21,23,24)/t12?,13?,14?,16-,19?/m0/s1. The van der Waals surface area contributed by atoms with E-state index in [4.69, 9.17) is 0 Å². The van der Waals surface area contributed by atoms with Crippen LogP contribution in [0.5, 0.6) is 0 Å². The van der Waals surface area contributed by atoms with Gasteiger partial charge < -0.3 is 10.6 Å². The van der Waals surface area contributed by atoms with Gasteiger partial charge >= 0.3 is 0 Å². The first-order chi connectivity index (χ1) is 12.4. The number of nitrogens with one attached hydrogen (secondary N) is 3. The lowest BCUT2D eigenvalue weighted by Crippen LogP contribution is -2.58. The molecule has 4 aliphatic rings. The number of aromatic nitrogens is 3. The molecule has 5 rings (SSSR count). The number of carbonyl (C=O) groups is 2. The molecule has 1 aromatic heterocycles. The van der Waals surface area contributed by atoms with Crippen molar-refractivity contribution in [2.24, 2.45) is 29.1 Å². The molecule has 7 heteroatoms. The zero-order chi connectivity index (χ0) is 18.3. The Morgan fingerprint density at radius 2 is 1.81 bits per heavy atom. The van der Waals surface area contributed by atoms with Gasteiger partial charge in [-0.25, -0.2) is 0 Å². The van der Waals surface area contributed by atoms with E-state index in [0.717, 1.165) is 19.3 Å². The van der Waals surface area contributed by atoms with E-state index < -0.39 is 6.04 Å². The number of amides is 2. The van der Waals surface area contributed by atoms with Crippen molar-refractivity contribution in [3.05, 3.63) is 11.9 Å². The van der Waals surface area contributed by atoms with Gasteiger partial charge in [0.25, 0.3) is 0 Å². The molecule has 0 unspecified atom stereocenters. The van der Waals surface area contributed by atoms with E-state index in [-0.39, 0.29) is 23.1 Å². The normalized spacial score (nSPS) is 33.3. The predicted octanol–water partition coefficient (Wildman–Crippen LogP) is 1.78. The summed E-state index contributed by atoms with van der Waals surface area (Å²) in [6.07, 6.45) is 8.52. The van der Waals surface area contributed by atoms with E-state index in [1.165, 1.54) is 19.3 Å². The summed E-state index contributed by atoms with van der Waals surface area (Å²) in [5.74, 6) is 2.12. The van der Waals surface area contributed by atoms with Crippen molar-refractivity contribution in [2.75, 3.05) is 0 Å². The van der Waals surface area contributed by atoms with Crippen molar-refractivity contribution >= 4 is 11.8 Å². The zero-order valence-corrected chi connectivity index (χ0v) is 15.6. The molecule has 0 saturated heterocycles. The van der Waals surface area contributed by atoms with Crippen LogP contribution in [0.4, 0.5) is 0 Å². The Hall–Kier alpha value is -1.92. The van der Waals surface area contributed by atoms with Crippen LogP contribution >= 0.6 is 0 Å². The first-order valence-corrected chi connectivity index (χ1v) is 9.88. The minimum Gasteiger partial charge on any atom is -0.349 e. The van der Waals surface area contributed by atoms with Crippen LogP contribution in [0, 0.1) is 29.1 Å². The molecular weight excluding hydrogens is 330 g/mol. The van der Waals surface area contributed by atoms with Crippen molar-refractivity contribution in [3.8, 4) is 0 Å². The van der Waals surface area contributed by atoms with Gasteiger partial charge in [0, 0.05) is 5.41 Å². The highest BCUT2D eigenvalue weighted by molar-refractivity contribution is 5.90. The summed E-state index contributed by atoms with van der Waals surface area (Å²) in [6, 6.07) is -0.512. The monoisotopic (exact) mass is 359 g/mol. The van der Waals surface area contributed by atoms with E-state index in [0.29, 0.717) is 30.0 Å². The van der Waals surface area contributed by atoms with Gasteiger partial charge in [0.05, 0.1) is 12.7 Å². The fraction of sp³-hybridized carbons (Fsp3) is 0.789. The largest absolute Gasteiger partial charge is 0.349 e. The molecule has 0 aliphatic heterocycles. The van der Waals surface area contributed by atoms with Gasteiger partial charge in [0.2, 0.25) is 11.8 Å². The van der Waals surface area contributed by atoms with Gasteiger partial charge in [-0.15, -0.1) is 0 Å².